The van der Waals surface area contributed by atoms with Gasteiger partial charge in [-0.1, -0.05) is 11.6 Å². The van der Waals surface area contributed by atoms with E-state index in [2.05, 4.69) is 35.1 Å². The van der Waals surface area contributed by atoms with Gasteiger partial charge in [-0.05, 0) is 13.0 Å². The largest absolute Gasteiger partial charge is 0.573 e. The third-order valence-corrected chi connectivity index (χ3v) is 4.01. The molecule has 0 unspecified atom stereocenters. The average Bonchev–Trinajstić information content (AvgIpc) is 3.28. The number of alkyl halides is 3. The van der Waals surface area contributed by atoms with Gasteiger partial charge in [-0.25, -0.2) is 15.0 Å². The molecule has 0 saturated heterocycles. The highest BCUT2D eigenvalue weighted by Crippen LogP contribution is 2.35. The predicted octanol–water partition coefficient (Wildman–Crippen LogP) is 3.92. The molecule has 1 N–H and O–H groups in total. The number of anilines is 1. The summed E-state index contributed by atoms with van der Waals surface area (Å²) in [7, 11) is 0. The number of hydrogen-bond donors (Lipinski definition) is 1. The van der Waals surface area contributed by atoms with Crippen LogP contribution in [0.15, 0.2) is 41.3 Å². The van der Waals surface area contributed by atoms with Crippen LogP contribution in [0.4, 0.5) is 19.2 Å². The van der Waals surface area contributed by atoms with Crippen LogP contribution in [0.1, 0.15) is 18.8 Å². The number of ether oxygens (including phenoxy) is 1. The molecule has 0 amide bonds. The fraction of sp³-hybridized carbons (Fsp3) is 0.188. The highest BCUT2D eigenvalue weighted by Gasteiger charge is 2.32. The molecular formula is C16H11ClF3N7O2. The van der Waals surface area contributed by atoms with E-state index in [-0.39, 0.29) is 22.1 Å². The topological polar surface area (TPSA) is 104 Å². The minimum Gasteiger partial charge on any atom is -0.423 e. The predicted molar refractivity (Wildman–Crippen MR) is 94.7 cm³/mol. The standard InChI is InChI=1S/C16H11ClF3N7O2/c1-8(13-23-7-24-27(13)14-21-3-2-4-22-14)25-15-26-10-6-11(29-16(18,19)20)9(17)5-12(10)28-15/h2-8H,1H3,(H,25,26)/t8-/m0/s1. The van der Waals surface area contributed by atoms with Crippen LogP contribution in [0.2, 0.25) is 5.02 Å². The lowest BCUT2D eigenvalue weighted by molar-refractivity contribution is -0.274. The van der Waals surface area contributed by atoms with Crippen LogP contribution < -0.4 is 10.1 Å². The van der Waals surface area contributed by atoms with Gasteiger partial charge in [0.15, 0.2) is 17.2 Å². The van der Waals surface area contributed by atoms with E-state index in [1.54, 1.807) is 25.4 Å². The Hall–Kier alpha value is -3.41. The molecule has 0 radical (unpaired) electrons. The molecule has 150 valence electrons. The van der Waals surface area contributed by atoms with Crippen molar-refractivity contribution in [3.05, 3.63) is 47.8 Å². The molecule has 0 bridgehead atoms. The van der Waals surface area contributed by atoms with Gasteiger partial charge in [0.25, 0.3) is 12.0 Å². The van der Waals surface area contributed by atoms with Crippen LogP contribution in [-0.4, -0.2) is 36.1 Å². The number of nitrogens with one attached hydrogen (secondary N) is 1. The van der Waals surface area contributed by atoms with Crippen LogP contribution in [0.25, 0.3) is 17.0 Å². The summed E-state index contributed by atoms with van der Waals surface area (Å²) in [4.78, 5) is 16.5. The second-order valence-electron chi connectivity index (χ2n) is 5.76. The SMILES string of the molecule is C[C@H](Nc1nc2cc(OC(F)(F)F)c(Cl)cc2o1)c1ncnn1-c1ncccn1. The van der Waals surface area contributed by atoms with Crippen molar-refractivity contribution in [1.82, 2.24) is 29.7 Å². The van der Waals surface area contributed by atoms with Crippen LogP contribution in [0.3, 0.4) is 0 Å². The number of nitrogens with zero attached hydrogens (tertiary/aromatic N) is 6. The Morgan fingerprint density at radius 1 is 1.21 bits per heavy atom. The zero-order valence-electron chi connectivity index (χ0n) is 14.6. The number of oxazole rings is 1. The molecule has 4 rings (SSSR count). The summed E-state index contributed by atoms with van der Waals surface area (Å²) < 4.78 is 48.3. The summed E-state index contributed by atoms with van der Waals surface area (Å²) in [6, 6.07) is 3.51. The minimum absolute atomic E-state index is 0.0521. The van der Waals surface area contributed by atoms with Crippen molar-refractivity contribution in [1.29, 1.82) is 0 Å². The Balaban J connectivity index is 1.59. The molecule has 0 aliphatic heterocycles. The molecule has 13 heteroatoms. The average molecular weight is 426 g/mol. The molecule has 0 aliphatic rings. The molecule has 0 aliphatic carbocycles. The molecule has 0 fully saturated rings. The molecule has 3 aromatic heterocycles. The lowest BCUT2D eigenvalue weighted by Crippen LogP contribution is -2.17. The number of aromatic nitrogens is 6. The normalized spacial score (nSPS) is 12.9. The van der Waals surface area contributed by atoms with Crippen LogP contribution >= 0.6 is 11.6 Å². The number of rotatable bonds is 5. The van der Waals surface area contributed by atoms with Gasteiger partial charge in [0.2, 0.25) is 0 Å². The maximum atomic E-state index is 12.5. The zero-order chi connectivity index (χ0) is 20.6. The Morgan fingerprint density at radius 2 is 1.97 bits per heavy atom. The summed E-state index contributed by atoms with van der Waals surface area (Å²) in [5.41, 5.74) is 0.322. The van der Waals surface area contributed by atoms with Crippen LogP contribution in [0, 0.1) is 0 Å². The Kier molecular flexibility index (Phi) is 4.70. The van der Waals surface area contributed by atoms with Gasteiger partial charge in [-0.15, -0.1) is 13.2 Å². The Bertz CT molecular complexity index is 1150. The van der Waals surface area contributed by atoms with Crippen molar-refractivity contribution in [2.24, 2.45) is 0 Å². The van der Waals surface area contributed by atoms with Crippen molar-refractivity contribution >= 4 is 28.7 Å². The first-order valence-electron chi connectivity index (χ1n) is 8.10. The first kappa shape index (κ1) is 18.9. The van der Waals surface area contributed by atoms with E-state index in [4.69, 9.17) is 16.0 Å². The summed E-state index contributed by atoms with van der Waals surface area (Å²) in [6.45, 7) is 1.77. The number of halogens is 4. The summed E-state index contributed by atoms with van der Waals surface area (Å²) >= 11 is 5.83. The van der Waals surface area contributed by atoms with Crippen molar-refractivity contribution < 1.29 is 22.3 Å². The molecule has 0 spiro atoms. The number of fused-ring (bicyclic) bond motifs is 1. The molecular weight excluding hydrogens is 415 g/mol. The van der Waals surface area contributed by atoms with Gasteiger partial charge in [-0.2, -0.15) is 14.8 Å². The lowest BCUT2D eigenvalue weighted by atomic mass is 10.3. The maximum Gasteiger partial charge on any atom is 0.573 e. The van der Waals surface area contributed by atoms with E-state index in [1.807, 2.05) is 0 Å². The quantitative estimate of drug-likeness (QED) is 0.513. The second-order valence-corrected chi connectivity index (χ2v) is 6.17. The summed E-state index contributed by atoms with van der Waals surface area (Å²) in [5.74, 6) is 0.227. The van der Waals surface area contributed by atoms with E-state index in [0.29, 0.717) is 11.8 Å². The van der Waals surface area contributed by atoms with Crippen molar-refractivity contribution in [3.63, 3.8) is 0 Å². The van der Waals surface area contributed by atoms with Gasteiger partial charge in [0.1, 0.15) is 11.8 Å². The van der Waals surface area contributed by atoms with E-state index in [1.165, 1.54) is 17.1 Å². The summed E-state index contributed by atoms with van der Waals surface area (Å²) in [6.07, 6.45) is -0.398. The molecule has 3 heterocycles. The summed E-state index contributed by atoms with van der Waals surface area (Å²) in [5, 5.41) is 6.81. The fourth-order valence-corrected chi connectivity index (χ4v) is 2.74. The van der Waals surface area contributed by atoms with Gasteiger partial charge in [0.05, 0.1) is 11.1 Å². The van der Waals surface area contributed by atoms with Crippen LogP contribution in [-0.2, 0) is 0 Å². The number of hydrogen-bond acceptors (Lipinski definition) is 8. The van der Waals surface area contributed by atoms with E-state index in [0.717, 1.165) is 6.07 Å². The minimum atomic E-state index is -4.87. The van der Waals surface area contributed by atoms with Crippen LogP contribution in [0.5, 0.6) is 5.75 Å². The molecule has 4 aromatic rings. The third kappa shape index (κ3) is 4.06. The van der Waals surface area contributed by atoms with Crippen molar-refractivity contribution in [2.75, 3.05) is 5.32 Å². The van der Waals surface area contributed by atoms with Gasteiger partial charge in [-0.3, -0.25) is 0 Å². The molecule has 9 nitrogen and oxygen atoms in total. The number of benzene rings is 1. The Morgan fingerprint density at radius 3 is 2.69 bits per heavy atom. The smallest absolute Gasteiger partial charge is 0.423 e. The van der Waals surface area contributed by atoms with Crippen molar-refractivity contribution in [3.8, 4) is 11.7 Å². The van der Waals surface area contributed by atoms with Crippen molar-refractivity contribution in [2.45, 2.75) is 19.3 Å². The third-order valence-electron chi connectivity index (χ3n) is 3.71. The first-order chi connectivity index (χ1) is 13.8. The van der Waals surface area contributed by atoms with E-state index >= 15 is 0 Å². The molecule has 1 atom stereocenters. The van der Waals surface area contributed by atoms with Gasteiger partial charge in [0, 0.05) is 24.5 Å². The van der Waals surface area contributed by atoms with E-state index in [9.17, 15) is 13.2 Å². The zero-order valence-corrected chi connectivity index (χ0v) is 15.3. The highest BCUT2D eigenvalue weighted by atomic mass is 35.5. The first-order valence-corrected chi connectivity index (χ1v) is 8.47. The monoisotopic (exact) mass is 425 g/mol. The molecule has 0 saturated carbocycles. The van der Waals surface area contributed by atoms with E-state index < -0.39 is 18.2 Å². The lowest BCUT2D eigenvalue weighted by Gasteiger charge is -2.11. The Labute approximate surface area is 165 Å². The highest BCUT2D eigenvalue weighted by molar-refractivity contribution is 6.32. The molecule has 1 aromatic carbocycles. The van der Waals surface area contributed by atoms with Gasteiger partial charge < -0.3 is 14.5 Å². The van der Waals surface area contributed by atoms with Gasteiger partial charge >= 0.3 is 6.36 Å². The fourth-order valence-electron chi connectivity index (χ4n) is 2.54. The molecule has 29 heavy (non-hydrogen) atoms. The maximum absolute atomic E-state index is 12.5. The second kappa shape index (κ2) is 7.20.